The molecule has 2 amide bonds. The predicted octanol–water partition coefficient (Wildman–Crippen LogP) is -0.910. The van der Waals surface area contributed by atoms with E-state index in [0.717, 1.165) is 6.42 Å². The van der Waals surface area contributed by atoms with Gasteiger partial charge in [0.1, 0.15) is 6.54 Å². The molecule has 0 radical (unpaired) electrons. The Morgan fingerprint density at radius 3 is 2.75 bits per heavy atom. The number of nitrogens with two attached hydrogens (primary N) is 2. The molecule has 88 valence electrons. The zero-order valence-electron chi connectivity index (χ0n) is 9.06. The minimum atomic E-state index is -0.704. The molecular formula is C9H15N5O2. The van der Waals surface area contributed by atoms with Crippen molar-refractivity contribution in [3.8, 4) is 0 Å². The zero-order chi connectivity index (χ0) is 12.1. The first-order chi connectivity index (χ1) is 7.54. The molecule has 0 aromatic carbocycles. The van der Waals surface area contributed by atoms with Crippen LogP contribution in [0.15, 0.2) is 6.20 Å². The molecule has 0 aliphatic carbocycles. The Bertz CT molecular complexity index is 399. The smallest absolute Gasteiger partial charge is 0.271 e. The van der Waals surface area contributed by atoms with Gasteiger partial charge in [0.2, 0.25) is 5.91 Å². The van der Waals surface area contributed by atoms with E-state index in [1.165, 1.54) is 10.9 Å². The van der Waals surface area contributed by atoms with Crippen molar-refractivity contribution in [3.63, 3.8) is 0 Å². The summed E-state index contributed by atoms with van der Waals surface area (Å²) >= 11 is 0. The molecule has 0 spiro atoms. The molecular weight excluding hydrogens is 210 g/mol. The van der Waals surface area contributed by atoms with Gasteiger partial charge in [-0.15, -0.1) is 0 Å². The van der Waals surface area contributed by atoms with E-state index in [0.29, 0.717) is 6.54 Å². The monoisotopic (exact) mass is 225 g/mol. The van der Waals surface area contributed by atoms with Crippen LogP contribution < -0.4 is 16.8 Å². The maximum Gasteiger partial charge on any atom is 0.271 e. The summed E-state index contributed by atoms with van der Waals surface area (Å²) in [6.45, 7) is 2.59. The highest BCUT2D eigenvalue weighted by atomic mass is 16.2. The van der Waals surface area contributed by atoms with Crippen LogP contribution in [-0.4, -0.2) is 28.1 Å². The fourth-order valence-electron chi connectivity index (χ4n) is 1.18. The molecule has 0 saturated carbocycles. The third kappa shape index (κ3) is 2.97. The number of aromatic nitrogens is 2. The molecule has 5 N–H and O–H groups in total. The molecule has 1 heterocycles. The van der Waals surface area contributed by atoms with Crippen molar-refractivity contribution in [2.75, 3.05) is 12.3 Å². The summed E-state index contributed by atoms with van der Waals surface area (Å²) in [5, 5.41) is 6.50. The topological polar surface area (TPSA) is 116 Å². The van der Waals surface area contributed by atoms with Gasteiger partial charge in [-0.05, 0) is 6.42 Å². The number of hydrogen-bond acceptors (Lipinski definition) is 4. The zero-order valence-corrected chi connectivity index (χ0v) is 9.06. The van der Waals surface area contributed by atoms with Gasteiger partial charge in [0, 0.05) is 12.7 Å². The Morgan fingerprint density at radius 2 is 2.25 bits per heavy atom. The molecule has 1 aromatic rings. The SMILES string of the molecule is CCCNC(=O)Cn1cc(N)c(C(N)=O)n1. The van der Waals surface area contributed by atoms with Crippen LogP contribution in [-0.2, 0) is 11.3 Å². The summed E-state index contributed by atoms with van der Waals surface area (Å²) in [6.07, 6.45) is 2.27. The van der Waals surface area contributed by atoms with E-state index in [1.807, 2.05) is 6.92 Å². The first-order valence-corrected chi connectivity index (χ1v) is 4.94. The van der Waals surface area contributed by atoms with Crippen LogP contribution >= 0.6 is 0 Å². The molecule has 1 aromatic heterocycles. The largest absolute Gasteiger partial charge is 0.396 e. The van der Waals surface area contributed by atoms with Crippen molar-refractivity contribution in [1.82, 2.24) is 15.1 Å². The summed E-state index contributed by atoms with van der Waals surface area (Å²) in [5.41, 5.74) is 10.7. The van der Waals surface area contributed by atoms with E-state index < -0.39 is 5.91 Å². The standard InChI is InChI=1S/C9H15N5O2/c1-2-3-12-7(15)5-14-4-6(10)8(13-14)9(11)16/h4H,2-3,5,10H2,1H3,(H2,11,16)(H,12,15). The van der Waals surface area contributed by atoms with Crippen molar-refractivity contribution < 1.29 is 9.59 Å². The molecule has 0 unspecified atom stereocenters. The highest BCUT2D eigenvalue weighted by molar-refractivity contribution is 5.95. The van der Waals surface area contributed by atoms with Gasteiger partial charge in [0.25, 0.3) is 5.91 Å². The van der Waals surface area contributed by atoms with E-state index in [9.17, 15) is 9.59 Å². The fourth-order valence-corrected chi connectivity index (χ4v) is 1.18. The van der Waals surface area contributed by atoms with Crippen molar-refractivity contribution in [2.24, 2.45) is 5.73 Å². The van der Waals surface area contributed by atoms with E-state index in [4.69, 9.17) is 11.5 Å². The number of anilines is 1. The molecule has 0 atom stereocenters. The highest BCUT2D eigenvalue weighted by Crippen LogP contribution is 2.07. The average Bonchev–Trinajstić information content (AvgIpc) is 2.56. The Kier molecular flexibility index (Phi) is 3.87. The van der Waals surface area contributed by atoms with Crippen molar-refractivity contribution in [1.29, 1.82) is 0 Å². The van der Waals surface area contributed by atoms with Crippen LogP contribution in [0.25, 0.3) is 0 Å². The number of carbonyl (C=O) groups excluding carboxylic acids is 2. The number of primary amides is 1. The number of nitrogen functional groups attached to an aromatic ring is 1. The van der Waals surface area contributed by atoms with Gasteiger partial charge < -0.3 is 16.8 Å². The number of nitrogens with zero attached hydrogens (tertiary/aromatic N) is 2. The van der Waals surface area contributed by atoms with Crippen molar-refractivity contribution in [2.45, 2.75) is 19.9 Å². The van der Waals surface area contributed by atoms with Gasteiger partial charge in [0.15, 0.2) is 5.69 Å². The second-order valence-corrected chi connectivity index (χ2v) is 3.34. The maximum absolute atomic E-state index is 11.3. The molecule has 7 heteroatoms. The maximum atomic E-state index is 11.3. The first kappa shape index (κ1) is 12.0. The van der Waals surface area contributed by atoms with E-state index in [-0.39, 0.29) is 23.8 Å². The van der Waals surface area contributed by atoms with Crippen molar-refractivity contribution >= 4 is 17.5 Å². The Morgan fingerprint density at radius 1 is 1.56 bits per heavy atom. The van der Waals surface area contributed by atoms with Crippen LogP contribution in [0, 0.1) is 0 Å². The van der Waals surface area contributed by atoms with Crippen LogP contribution in [0.5, 0.6) is 0 Å². The Labute approximate surface area is 92.8 Å². The number of carbonyl (C=O) groups is 2. The predicted molar refractivity (Wildman–Crippen MR) is 58.5 cm³/mol. The quantitative estimate of drug-likeness (QED) is 0.601. The third-order valence-corrected chi connectivity index (χ3v) is 1.90. The molecule has 0 saturated heterocycles. The summed E-state index contributed by atoms with van der Waals surface area (Å²) < 4.78 is 1.29. The fraction of sp³-hybridized carbons (Fsp3) is 0.444. The summed E-state index contributed by atoms with van der Waals surface area (Å²) in [6, 6.07) is 0. The number of nitrogens with one attached hydrogen (secondary N) is 1. The average molecular weight is 225 g/mol. The lowest BCUT2D eigenvalue weighted by Crippen LogP contribution is -2.28. The molecule has 7 nitrogen and oxygen atoms in total. The van der Waals surface area contributed by atoms with Crippen LogP contribution in [0.4, 0.5) is 5.69 Å². The molecule has 1 rings (SSSR count). The highest BCUT2D eigenvalue weighted by Gasteiger charge is 2.12. The van der Waals surface area contributed by atoms with Crippen LogP contribution in [0.1, 0.15) is 23.8 Å². The normalized spacial score (nSPS) is 10.1. The Hall–Kier alpha value is -2.05. The molecule has 0 fully saturated rings. The lowest BCUT2D eigenvalue weighted by Gasteiger charge is -2.02. The lowest BCUT2D eigenvalue weighted by molar-refractivity contribution is -0.121. The Balaban J connectivity index is 2.64. The second kappa shape index (κ2) is 5.15. The van der Waals surface area contributed by atoms with Crippen molar-refractivity contribution in [3.05, 3.63) is 11.9 Å². The molecule has 0 aliphatic heterocycles. The van der Waals surface area contributed by atoms with Gasteiger partial charge in [-0.2, -0.15) is 5.10 Å². The summed E-state index contributed by atoms with van der Waals surface area (Å²) in [4.78, 5) is 22.2. The summed E-state index contributed by atoms with van der Waals surface area (Å²) in [7, 11) is 0. The van der Waals surface area contributed by atoms with E-state index in [2.05, 4.69) is 10.4 Å². The minimum Gasteiger partial charge on any atom is -0.396 e. The third-order valence-electron chi connectivity index (χ3n) is 1.90. The van der Waals surface area contributed by atoms with Gasteiger partial charge in [-0.3, -0.25) is 14.3 Å². The van der Waals surface area contributed by atoms with Crippen LogP contribution in [0.2, 0.25) is 0 Å². The summed E-state index contributed by atoms with van der Waals surface area (Å²) in [5.74, 6) is -0.884. The molecule has 0 bridgehead atoms. The minimum absolute atomic E-state index is 0.0108. The van der Waals surface area contributed by atoms with Gasteiger partial charge >= 0.3 is 0 Å². The van der Waals surface area contributed by atoms with Gasteiger partial charge in [0.05, 0.1) is 5.69 Å². The molecule has 0 aliphatic rings. The second-order valence-electron chi connectivity index (χ2n) is 3.34. The number of rotatable bonds is 5. The van der Waals surface area contributed by atoms with E-state index in [1.54, 1.807) is 0 Å². The number of hydrogen-bond donors (Lipinski definition) is 3. The van der Waals surface area contributed by atoms with Gasteiger partial charge in [-0.25, -0.2) is 0 Å². The van der Waals surface area contributed by atoms with Gasteiger partial charge in [-0.1, -0.05) is 6.92 Å². The lowest BCUT2D eigenvalue weighted by atomic mass is 10.4. The van der Waals surface area contributed by atoms with Crippen LogP contribution in [0.3, 0.4) is 0 Å². The molecule has 16 heavy (non-hydrogen) atoms. The first-order valence-electron chi connectivity index (χ1n) is 4.94. The van der Waals surface area contributed by atoms with E-state index >= 15 is 0 Å². The number of amides is 2.